The Bertz CT molecular complexity index is 1900. The first kappa shape index (κ1) is 23.7. The van der Waals surface area contributed by atoms with E-state index >= 15 is 0 Å². The molecule has 0 saturated carbocycles. The normalized spacial score (nSPS) is 12.1. The van der Waals surface area contributed by atoms with E-state index in [0.717, 1.165) is 39.6 Å². The van der Waals surface area contributed by atoms with Crippen LogP contribution in [0.5, 0.6) is 11.5 Å². The molecule has 0 unspecified atom stereocenters. The lowest BCUT2D eigenvalue weighted by molar-refractivity contribution is 0.476. The maximum absolute atomic E-state index is 6.25. The van der Waals surface area contributed by atoms with E-state index in [1.54, 1.807) is 0 Å². The number of hydrogen-bond donors (Lipinski definition) is 0. The summed E-state index contributed by atoms with van der Waals surface area (Å²) < 4.78 is 8.50. The van der Waals surface area contributed by atoms with Gasteiger partial charge < -0.3 is 4.74 Å². The van der Waals surface area contributed by atoms with Crippen molar-refractivity contribution in [3.8, 4) is 28.6 Å². The van der Waals surface area contributed by atoms with Crippen LogP contribution in [-0.4, -0.2) is 17.6 Å². The molecular formula is C37H26N2OSi. The van der Waals surface area contributed by atoms with Crippen LogP contribution in [-0.2, 0) is 0 Å². The summed E-state index contributed by atoms with van der Waals surface area (Å²) in [6, 6.07) is 56.5. The summed E-state index contributed by atoms with van der Waals surface area (Å²) in [5.74, 6) is 2.59. The van der Waals surface area contributed by atoms with Crippen molar-refractivity contribution >= 4 is 39.9 Å². The summed E-state index contributed by atoms with van der Waals surface area (Å²) in [5.41, 5.74) is 4.02. The summed E-state index contributed by atoms with van der Waals surface area (Å²) in [7, 11) is -2.58. The first-order valence-corrected chi connectivity index (χ1v) is 15.9. The number of hydrogen-bond acceptors (Lipinski definition) is 2. The standard InChI is InChI=1S/C37H26N2OSi/c1-4-13-28(14-5-1)41(29-15-6-2-7-16-29,30-17-8-3-9-18-30)31-25-23-27(24-26-31)37-38-32-19-12-22-35-36(32)39(37)33-20-10-11-21-34(33)40-35/h1-26H. The third-order valence-electron chi connectivity index (χ3n) is 8.16. The van der Waals surface area contributed by atoms with Gasteiger partial charge in [0.25, 0.3) is 0 Å². The van der Waals surface area contributed by atoms with Gasteiger partial charge in [-0.3, -0.25) is 4.57 Å². The Labute approximate surface area is 240 Å². The fraction of sp³-hybridized carbons (Fsp3) is 0. The number of para-hydroxylation sites is 3. The molecule has 7 aromatic rings. The number of aromatic nitrogens is 2. The molecule has 1 aromatic heterocycles. The molecule has 0 fully saturated rings. The van der Waals surface area contributed by atoms with Gasteiger partial charge in [-0.25, -0.2) is 4.98 Å². The van der Waals surface area contributed by atoms with Crippen LogP contribution in [0.15, 0.2) is 158 Å². The van der Waals surface area contributed by atoms with Crippen LogP contribution >= 0.6 is 0 Å². The zero-order valence-corrected chi connectivity index (χ0v) is 23.3. The predicted molar refractivity (Wildman–Crippen MR) is 170 cm³/mol. The van der Waals surface area contributed by atoms with E-state index in [-0.39, 0.29) is 0 Å². The van der Waals surface area contributed by atoms with Gasteiger partial charge in [0.1, 0.15) is 11.3 Å². The van der Waals surface area contributed by atoms with Crippen molar-refractivity contribution in [1.82, 2.24) is 9.55 Å². The van der Waals surface area contributed by atoms with Gasteiger partial charge in [-0.05, 0) is 45.0 Å². The Morgan fingerprint density at radius 1 is 0.463 bits per heavy atom. The van der Waals surface area contributed by atoms with Crippen molar-refractivity contribution in [3.63, 3.8) is 0 Å². The number of imidazole rings is 1. The molecular weight excluding hydrogens is 517 g/mol. The van der Waals surface area contributed by atoms with Gasteiger partial charge >= 0.3 is 0 Å². The number of benzene rings is 6. The largest absolute Gasteiger partial charge is 0.453 e. The minimum Gasteiger partial charge on any atom is -0.453 e. The maximum atomic E-state index is 6.25. The highest BCUT2D eigenvalue weighted by Crippen LogP contribution is 2.43. The highest BCUT2D eigenvalue weighted by Gasteiger charge is 2.41. The Morgan fingerprint density at radius 3 is 1.59 bits per heavy atom. The van der Waals surface area contributed by atoms with Crippen LogP contribution < -0.4 is 25.5 Å². The molecule has 1 aliphatic rings. The van der Waals surface area contributed by atoms with Crippen molar-refractivity contribution in [3.05, 3.63) is 158 Å². The van der Waals surface area contributed by atoms with Crippen molar-refractivity contribution in [1.29, 1.82) is 0 Å². The summed E-state index contributed by atoms with van der Waals surface area (Å²) in [4.78, 5) is 5.11. The molecule has 194 valence electrons. The highest BCUT2D eigenvalue weighted by molar-refractivity contribution is 7.19. The van der Waals surface area contributed by atoms with E-state index in [1.165, 1.54) is 20.7 Å². The quantitative estimate of drug-likeness (QED) is 0.192. The predicted octanol–water partition coefficient (Wildman–Crippen LogP) is 6.18. The topological polar surface area (TPSA) is 27.1 Å². The van der Waals surface area contributed by atoms with Crippen molar-refractivity contribution in [2.75, 3.05) is 0 Å². The van der Waals surface area contributed by atoms with E-state index in [2.05, 4.69) is 132 Å². The number of nitrogens with zero attached hydrogens (tertiary/aromatic N) is 2. The fourth-order valence-electron chi connectivity index (χ4n) is 6.39. The Hall–Kier alpha value is -5.19. The lowest BCUT2D eigenvalue weighted by Gasteiger charge is -2.34. The molecule has 1 aliphatic heterocycles. The molecule has 3 nitrogen and oxygen atoms in total. The van der Waals surface area contributed by atoms with E-state index in [4.69, 9.17) is 9.72 Å². The van der Waals surface area contributed by atoms with E-state index in [0.29, 0.717) is 0 Å². The first-order valence-electron chi connectivity index (χ1n) is 13.9. The molecule has 0 amide bonds. The van der Waals surface area contributed by atoms with Crippen LogP contribution in [0.25, 0.3) is 28.1 Å². The lowest BCUT2D eigenvalue weighted by atomic mass is 10.2. The van der Waals surface area contributed by atoms with Gasteiger partial charge in [0, 0.05) is 5.56 Å². The first-order chi connectivity index (χ1) is 20.3. The van der Waals surface area contributed by atoms with Crippen LogP contribution in [0, 0.1) is 0 Å². The summed E-state index contributed by atoms with van der Waals surface area (Å²) in [6.07, 6.45) is 0. The Morgan fingerprint density at radius 2 is 0.976 bits per heavy atom. The van der Waals surface area contributed by atoms with Crippen molar-refractivity contribution in [2.24, 2.45) is 0 Å². The molecule has 0 radical (unpaired) electrons. The van der Waals surface area contributed by atoms with Crippen LogP contribution in [0.1, 0.15) is 0 Å². The fourth-order valence-corrected chi connectivity index (χ4v) is 11.1. The zero-order valence-electron chi connectivity index (χ0n) is 22.3. The third-order valence-corrected chi connectivity index (χ3v) is 13.0. The second-order valence-electron chi connectivity index (χ2n) is 10.4. The molecule has 41 heavy (non-hydrogen) atoms. The molecule has 8 rings (SSSR count). The smallest absolute Gasteiger partial charge is 0.179 e. The molecule has 4 heteroatoms. The molecule has 6 aromatic carbocycles. The summed E-state index contributed by atoms with van der Waals surface area (Å²) >= 11 is 0. The number of rotatable bonds is 5. The van der Waals surface area contributed by atoms with Gasteiger partial charge in [-0.1, -0.05) is 133 Å². The maximum Gasteiger partial charge on any atom is 0.179 e. The zero-order chi connectivity index (χ0) is 27.2. The number of fused-ring (bicyclic) bond motifs is 2. The minimum absolute atomic E-state index is 0.834. The summed E-state index contributed by atoms with van der Waals surface area (Å²) in [5, 5.41) is 5.43. The molecule has 0 N–H and O–H groups in total. The van der Waals surface area contributed by atoms with E-state index in [1.807, 2.05) is 30.3 Å². The van der Waals surface area contributed by atoms with Gasteiger partial charge in [-0.15, -0.1) is 0 Å². The molecule has 0 saturated heterocycles. The van der Waals surface area contributed by atoms with Crippen LogP contribution in [0.3, 0.4) is 0 Å². The second-order valence-corrected chi connectivity index (χ2v) is 14.2. The van der Waals surface area contributed by atoms with Gasteiger partial charge in [0.2, 0.25) is 0 Å². The van der Waals surface area contributed by atoms with Crippen LogP contribution in [0.4, 0.5) is 0 Å². The van der Waals surface area contributed by atoms with E-state index < -0.39 is 8.07 Å². The number of ether oxygens (including phenoxy) is 1. The summed E-state index contributed by atoms with van der Waals surface area (Å²) in [6.45, 7) is 0. The molecule has 2 heterocycles. The average Bonchev–Trinajstić information content (AvgIpc) is 3.45. The van der Waals surface area contributed by atoms with Gasteiger partial charge in [0.15, 0.2) is 19.6 Å². The van der Waals surface area contributed by atoms with Gasteiger partial charge in [0.05, 0.1) is 11.2 Å². The van der Waals surface area contributed by atoms with Crippen LogP contribution in [0.2, 0.25) is 0 Å². The lowest BCUT2D eigenvalue weighted by Crippen LogP contribution is -2.74. The van der Waals surface area contributed by atoms with E-state index in [9.17, 15) is 0 Å². The highest BCUT2D eigenvalue weighted by atomic mass is 28.3. The minimum atomic E-state index is -2.58. The molecule has 0 spiro atoms. The van der Waals surface area contributed by atoms with Gasteiger partial charge in [-0.2, -0.15) is 0 Å². The average molecular weight is 543 g/mol. The second kappa shape index (κ2) is 9.47. The monoisotopic (exact) mass is 542 g/mol. The Kier molecular flexibility index (Phi) is 5.47. The molecule has 0 bridgehead atoms. The van der Waals surface area contributed by atoms with Crippen molar-refractivity contribution < 1.29 is 4.74 Å². The molecule has 0 aliphatic carbocycles. The molecule has 0 atom stereocenters. The Balaban J connectivity index is 1.36. The third kappa shape index (κ3) is 3.61. The SMILES string of the molecule is c1ccc([Si](c2ccccc2)(c2ccccc2)c2ccc(-c3nc4cccc5c4n3-c3ccccc3O5)cc2)cc1. The van der Waals surface area contributed by atoms with Crippen molar-refractivity contribution in [2.45, 2.75) is 0 Å².